The van der Waals surface area contributed by atoms with E-state index < -0.39 is 36.1 Å². The highest BCUT2D eigenvalue weighted by Crippen LogP contribution is 2.51. The van der Waals surface area contributed by atoms with E-state index >= 15 is 0 Å². The third kappa shape index (κ3) is 4.32. The van der Waals surface area contributed by atoms with Crippen molar-refractivity contribution >= 4 is 28.0 Å². The van der Waals surface area contributed by atoms with Crippen LogP contribution in [0.25, 0.3) is 10.9 Å². The molecule has 2 aliphatic rings. The number of hydrazine groups is 1. The fourth-order valence-electron chi connectivity index (χ4n) is 4.27. The molecule has 1 aliphatic heterocycles. The summed E-state index contributed by atoms with van der Waals surface area (Å²) in [4.78, 5) is 10.7. The highest BCUT2D eigenvalue weighted by Gasteiger charge is 2.55. The molecule has 0 radical (unpaired) electrons. The lowest BCUT2D eigenvalue weighted by atomic mass is 9.61. The number of anilines is 1. The van der Waals surface area contributed by atoms with Crippen molar-refractivity contribution in [3.05, 3.63) is 24.5 Å². The summed E-state index contributed by atoms with van der Waals surface area (Å²) in [6, 6.07) is 5.06. The molecule has 2 unspecified atom stereocenters. The molecule has 31 heavy (non-hydrogen) atoms. The van der Waals surface area contributed by atoms with Crippen LogP contribution < -0.4 is 15.1 Å². The van der Waals surface area contributed by atoms with Gasteiger partial charge in [-0.3, -0.25) is 4.21 Å². The second-order valence-corrected chi connectivity index (χ2v) is 8.79. The average molecular weight is 460 g/mol. The maximum atomic E-state index is 12.5. The number of ether oxygens (including phenoxy) is 1. The molecule has 13 heteroatoms. The lowest BCUT2D eigenvalue weighted by molar-refractivity contribution is -0.204. The van der Waals surface area contributed by atoms with E-state index in [1.165, 1.54) is 6.33 Å². The Hall–Kier alpha value is -2.06. The number of fused-ring (bicyclic) bond motifs is 1. The lowest BCUT2D eigenvalue weighted by Crippen LogP contribution is -2.68. The minimum atomic E-state index is -4.82. The zero-order valence-corrected chi connectivity index (χ0v) is 17.3. The number of nitrogens with zero attached hydrogens (tertiary/aromatic N) is 4. The van der Waals surface area contributed by atoms with E-state index in [1.54, 1.807) is 7.11 Å². The first-order chi connectivity index (χ1) is 14.6. The number of hydrogen-bond acceptors (Lipinski definition) is 8. The molecule has 1 aromatic heterocycles. The van der Waals surface area contributed by atoms with Crippen LogP contribution in [0.4, 0.5) is 19.0 Å². The molecule has 0 amide bonds. The normalized spacial score (nSPS) is 20.5. The number of alkyl halides is 3. The van der Waals surface area contributed by atoms with Crippen molar-refractivity contribution in [2.45, 2.75) is 31.2 Å². The van der Waals surface area contributed by atoms with Crippen LogP contribution in [0.2, 0.25) is 0 Å². The minimum Gasteiger partial charge on any atom is -0.759 e. The number of aliphatic hydroxyl groups is 1. The van der Waals surface area contributed by atoms with Crippen molar-refractivity contribution in [3.63, 3.8) is 0 Å². The Labute approximate surface area is 178 Å². The zero-order chi connectivity index (χ0) is 22.4. The first-order valence-corrected chi connectivity index (χ1v) is 10.6. The molecule has 1 aliphatic carbocycles. The van der Waals surface area contributed by atoms with Crippen molar-refractivity contribution in [2.75, 3.05) is 31.6 Å². The predicted molar refractivity (Wildman–Crippen MR) is 105 cm³/mol. The predicted octanol–water partition coefficient (Wildman–Crippen LogP) is 1.13. The number of aromatic nitrogens is 2. The summed E-state index contributed by atoms with van der Waals surface area (Å²) in [5.41, 5.74) is 2.83. The van der Waals surface area contributed by atoms with Crippen LogP contribution >= 0.6 is 0 Å². The smallest absolute Gasteiger partial charge is 0.415 e. The van der Waals surface area contributed by atoms with Crippen LogP contribution in [0.15, 0.2) is 24.5 Å². The summed E-state index contributed by atoms with van der Waals surface area (Å²) >= 11 is -2.76. The summed E-state index contributed by atoms with van der Waals surface area (Å²) in [5.74, 6) is 1.46. The van der Waals surface area contributed by atoms with Gasteiger partial charge in [-0.15, -0.1) is 0 Å². The molecule has 0 bridgehead atoms. The molecule has 2 N–H and O–H groups in total. The number of nitrogens with one attached hydrogen (secondary N) is 1. The van der Waals surface area contributed by atoms with Crippen LogP contribution in [0.3, 0.4) is 0 Å². The summed E-state index contributed by atoms with van der Waals surface area (Å²) in [7, 11) is 1.58. The van der Waals surface area contributed by atoms with Gasteiger partial charge in [0.2, 0.25) is 0 Å². The Kier molecular flexibility index (Phi) is 5.81. The summed E-state index contributed by atoms with van der Waals surface area (Å²) in [6.45, 7) is 0.391. The Morgan fingerprint density at radius 1 is 1.42 bits per heavy atom. The topological polar surface area (TPSA) is 114 Å². The molecule has 4 rings (SSSR count). The van der Waals surface area contributed by atoms with Crippen LogP contribution in [0.1, 0.15) is 12.8 Å². The molecule has 2 atom stereocenters. The van der Waals surface area contributed by atoms with Crippen molar-refractivity contribution in [3.8, 4) is 5.75 Å². The maximum Gasteiger partial charge on any atom is 0.415 e. The Bertz CT molecular complexity index is 980. The molecule has 9 nitrogen and oxygen atoms in total. The van der Waals surface area contributed by atoms with Gasteiger partial charge in [0.25, 0.3) is 0 Å². The van der Waals surface area contributed by atoms with Crippen LogP contribution in [-0.4, -0.2) is 73.3 Å². The molecule has 1 saturated heterocycles. The quantitative estimate of drug-likeness (QED) is 0.467. The van der Waals surface area contributed by atoms with E-state index in [2.05, 4.69) is 20.3 Å². The number of rotatable bonds is 7. The largest absolute Gasteiger partial charge is 0.759 e. The molecule has 1 spiro atoms. The lowest BCUT2D eigenvalue weighted by Gasteiger charge is -2.61. The number of benzene rings is 1. The number of hydrogen-bond donors (Lipinski definition) is 2. The van der Waals surface area contributed by atoms with Crippen molar-refractivity contribution < 1.29 is 31.8 Å². The average Bonchev–Trinajstić information content (AvgIpc) is 2.66. The summed E-state index contributed by atoms with van der Waals surface area (Å²) in [5, 5.41) is 9.96. The van der Waals surface area contributed by atoms with Gasteiger partial charge in [0, 0.05) is 53.8 Å². The Balaban J connectivity index is 1.37. The Morgan fingerprint density at radius 2 is 2.13 bits per heavy atom. The van der Waals surface area contributed by atoms with Gasteiger partial charge in [-0.2, -0.15) is 17.6 Å². The third-order valence-electron chi connectivity index (χ3n) is 5.82. The second kappa shape index (κ2) is 8.13. The van der Waals surface area contributed by atoms with Gasteiger partial charge in [-0.25, -0.2) is 15.4 Å². The Morgan fingerprint density at radius 3 is 2.74 bits per heavy atom. The van der Waals surface area contributed by atoms with Gasteiger partial charge in [-0.05, 0) is 25.0 Å². The van der Waals surface area contributed by atoms with Gasteiger partial charge in [0.15, 0.2) is 6.10 Å². The molecule has 170 valence electrons. The number of aliphatic hydroxyl groups excluding tert-OH is 1. The van der Waals surface area contributed by atoms with E-state index in [-0.39, 0.29) is 5.41 Å². The highest BCUT2D eigenvalue weighted by atomic mass is 32.2. The molecule has 2 aromatic rings. The van der Waals surface area contributed by atoms with Crippen molar-refractivity contribution in [1.82, 2.24) is 19.8 Å². The molecular formula is C18H21F3N5O4S-. The highest BCUT2D eigenvalue weighted by molar-refractivity contribution is 7.76. The van der Waals surface area contributed by atoms with Crippen LogP contribution in [-0.2, 0) is 11.3 Å². The van der Waals surface area contributed by atoms with Gasteiger partial charge >= 0.3 is 6.18 Å². The molecular weight excluding hydrogens is 439 g/mol. The zero-order valence-electron chi connectivity index (χ0n) is 16.5. The third-order valence-corrected chi connectivity index (χ3v) is 6.57. The van der Waals surface area contributed by atoms with Crippen LogP contribution in [0.5, 0.6) is 5.75 Å². The maximum absolute atomic E-state index is 12.5. The van der Waals surface area contributed by atoms with Crippen molar-refractivity contribution in [1.29, 1.82) is 0 Å². The van der Waals surface area contributed by atoms with E-state index in [9.17, 15) is 21.9 Å². The fourth-order valence-corrected chi connectivity index (χ4v) is 4.85. The van der Waals surface area contributed by atoms with Crippen molar-refractivity contribution in [2.24, 2.45) is 5.41 Å². The van der Waals surface area contributed by atoms with Crippen LogP contribution in [0, 0.1) is 5.41 Å². The fraction of sp³-hybridized carbons (Fsp3) is 0.556. The standard InChI is InChI=1S/C18H22F3N5O4S/c1-30-12-2-3-13-14(4-12)22-10-23-16(13)25-8-17(9-25)5-11(6-17)26(31(28)29)24-7-15(27)18(19,20)21/h2-4,10-11,15,24,27H,5-9H2,1H3,(H,28,29)/p-1. The molecule has 1 saturated carbocycles. The summed E-state index contributed by atoms with van der Waals surface area (Å²) in [6.07, 6.45) is -4.98. The van der Waals surface area contributed by atoms with Gasteiger partial charge in [0.05, 0.1) is 12.6 Å². The first-order valence-electron chi connectivity index (χ1n) is 9.52. The minimum absolute atomic E-state index is 0.115. The summed E-state index contributed by atoms with van der Waals surface area (Å²) < 4.78 is 66.3. The monoisotopic (exact) mass is 460 g/mol. The van der Waals surface area contributed by atoms with E-state index in [4.69, 9.17) is 9.84 Å². The van der Waals surface area contributed by atoms with Gasteiger partial charge in [-0.1, -0.05) is 0 Å². The molecule has 2 fully saturated rings. The second-order valence-electron chi connectivity index (χ2n) is 7.96. The van der Waals surface area contributed by atoms with E-state index in [1.807, 2.05) is 18.2 Å². The first kappa shape index (κ1) is 22.1. The molecule has 1 aromatic carbocycles. The SMILES string of the molecule is COc1ccc2c(N3CC4(CC(N(NCC(O)C(F)(F)F)S(=O)[O-])C4)C3)ncnc2c1. The van der Waals surface area contributed by atoms with E-state index in [0.29, 0.717) is 31.7 Å². The van der Waals surface area contributed by atoms with Gasteiger partial charge < -0.3 is 19.3 Å². The van der Waals surface area contributed by atoms with Gasteiger partial charge in [0.1, 0.15) is 17.9 Å². The van der Waals surface area contributed by atoms with E-state index in [0.717, 1.165) is 21.1 Å². The number of methoxy groups -OCH3 is 1. The number of halogens is 3. The molecule has 2 heterocycles.